The van der Waals surface area contributed by atoms with Crippen LogP contribution >= 0.6 is 11.3 Å². The topological polar surface area (TPSA) is 64.1 Å². The van der Waals surface area contributed by atoms with Crippen molar-refractivity contribution in [1.29, 1.82) is 0 Å². The molecule has 100 valence electrons. The minimum absolute atomic E-state index is 0.115. The summed E-state index contributed by atoms with van der Waals surface area (Å²) in [6.45, 7) is 5.75. The van der Waals surface area contributed by atoms with Crippen LogP contribution in [-0.2, 0) is 0 Å². The summed E-state index contributed by atoms with van der Waals surface area (Å²) in [7, 11) is 0. The first-order chi connectivity index (χ1) is 9.04. The Bertz CT molecular complexity index is 564. The monoisotopic (exact) mass is 277 g/mol. The number of amides is 1. The van der Waals surface area contributed by atoms with Crippen LogP contribution in [0.15, 0.2) is 24.3 Å². The summed E-state index contributed by atoms with van der Waals surface area (Å²) in [5.41, 5.74) is 0.559. The smallest absolute Gasteiger partial charge is 0.257 e. The molecule has 1 heterocycles. The SMILES string of the molecule is Cc1nnc(NC(=O)c2ccc(OC(C)C)cc2)s1. The minimum atomic E-state index is -0.202. The lowest BCUT2D eigenvalue weighted by atomic mass is 10.2. The number of benzene rings is 1. The number of hydrogen-bond donors (Lipinski definition) is 1. The number of aryl methyl sites for hydroxylation is 1. The fourth-order valence-corrected chi connectivity index (χ4v) is 2.06. The maximum absolute atomic E-state index is 11.9. The van der Waals surface area contributed by atoms with E-state index in [9.17, 15) is 4.79 Å². The van der Waals surface area contributed by atoms with Gasteiger partial charge < -0.3 is 4.74 Å². The van der Waals surface area contributed by atoms with Crippen LogP contribution in [0, 0.1) is 6.92 Å². The summed E-state index contributed by atoms with van der Waals surface area (Å²) >= 11 is 1.34. The largest absolute Gasteiger partial charge is 0.491 e. The van der Waals surface area contributed by atoms with E-state index in [-0.39, 0.29) is 12.0 Å². The molecular formula is C13H15N3O2S. The second-order valence-electron chi connectivity index (χ2n) is 4.27. The third kappa shape index (κ3) is 3.75. The lowest BCUT2D eigenvalue weighted by Gasteiger charge is -2.09. The summed E-state index contributed by atoms with van der Waals surface area (Å²) in [6.07, 6.45) is 0.115. The van der Waals surface area contributed by atoms with Crippen molar-refractivity contribution >= 4 is 22.4 Å². The molecule has 2 aromatic rings. The molecule has 0 aliphatic carbocycles. The highest BCUT2D eigenvalue weighted by Gasteiger charge is 2.09. The highest BCUT2D eigenvalue weighted by molar-refractivity contribution is 7.15. The van der Waals surface area contributed by atoms with Gasteiger partial charge in [0.15, 0.2) is 0 Å². The summed E-state index contributed by atoms with van der Waals surface area (Å²) in [6, 6.07) is 7.00. The molecule has 1 aromatic heterocycles. The first-order valence-electron chi connectivity index (χ1n) is 5.93. The number of hydrogen-bond acceptors (Lipinski definition) is 5. The number of nitrogens with one attached hydrogen (secondary N) is 1. The van der Waals surface area contributed by atoms with E-state index >= 15 is 0 Å². The highest BCUT2D eigenvalue weighted by atomic mass is 32.1. The zero-order valence-electron chi connectivity index (χ0n) is 11.0. The van der Waals surface area contributed by atoms with Crippen LogP contribution < -0.4 is 10.1 Å². The molecule has 1 N–H and O–H groups in total. The Morgan fingerprint density at radius 3 is 2.47 bits per heavy atom. The molecule has 19 heavy (non-hydrogen) atoms. The molecule has 2 rings (SSSR count). The van der Waals surface area contributed by atoms with Gasteiger partial charge in [0.05, 0.1) is 6.10 Å². The number of carbonyl (C=O) groups excluding carboxylic acids is 1. The van der Waals surface area contributed by atoms with Crippen LogP contribution in [0.5, 0.6) is 5.75 Å². The lowest BCUT2D eigenvalue weighted by molar-refractivity contribution is 0.102. The Hall–Kier alpha value is -1.95. The van der Waals surface area contributed by atoms with Crippen molar-refractivity contribution in [3.05, 3.63) is 34.8 Å². The average Bonchev–Trinajstić information content (AvgIpc) is 2.75. The number of nitrogens with zero attached hydrogens (tertiary/aromatic N) is 2. The molecule has 0 saturated carbocycles. The van der Waals surface area contributed by atoms with Crippen molar-refractivity contribution in [3.63, 3.8) is 0 Å². The molecule has 0 atom stereocenters. The molecule has 0 aliphatic rings. The second kappa shape index (κ2) is 5.79. The van der Waals surface area contributed by atoms with Gasteiger partial charge in [0.1, 0.15) is 10.8 Å². The lowest BCUT2D eigenvalue weighted by Crippen LogP contribution is -2.12. The molecule has 5 nitrogen and oxygen atoms in total. The van der Waals surface area contributed by atoms with E-state index in [2.05, 4.69) is 15.5 Å². The predicted molar refractivity (Wildman–Crippen MR) is 74.8 cm³/mol. The van der Waals surface area contributed by atoms with Gasteiger partial charge in [-0.15, -0.1) is 10.2 Å². The Morgan fingerprint density at radius 1 is 1.26 bits per heavy atom. The maximum atomic E-state index is 11.9. The fraction of sp³-hybridized carbons (Fsp3) is 0.308. The van der Waals surface area contributed by atoms with E-state index in [0.29, 0.717) is 10.7 Å². The van der Waals surface area contributed by atoms with E-state index < -0.39 is 0 Å². The normalized spacial score (nSPS) is 10.5. The number of ether oxygens (including phenoxy) is 1. The number of aromatic nitrogens is 2. The quantitative estimate of drug-likeness (QED) is 0.933. The zero-order valence-corrected chi connectivity index (χ0v) is 11.8. The van der Waals surface area contributed by atoms with Crippen LogP contribution in [0.2, 0.25) is 0 Å². The molecule has 1 amide bonds. The van der Waals surface area contributed by atoms with Gasteiger partial charge in [0, 0.05) is 5.56 Å². The van der Waals surface area contributed by atoms with Gasteiger partial charge in [0.2, 0.25) is 5.13 Å². The van der Waals surface area contributed by atoms with E-state index in [1.54, 1.807) is 24.3 Å². The standard InChI is InChI=1S/C13H15N3O2S/c1-8(2)18-11-6-4-10(5-7-11)12(17)14-13-16-15-9(3)19-13/h4-8H,1-3H3,(H,14,16,17). The molecule has 0 fully saturated rings. The molecule has 6 heteroatoms. The molecule has 0 bridgehead atoms. The Balaban J connectivity index is 2.03. The number of rotatable bonds is 4. The summed E-state index contributed by atoms with van der Waals surface area (Å²) in [5, 5.41) is 11.7. The first kappa shape index (κ1) is 13.5. The molecular weight excluding hydrogens is 262 g/mol. The summed E-state index contributed by atoms with van der Waals surface area (Å²) in [5.74, 6) is 0.547. The zero-order chi connectivity index (χ0) is 13.8. The van der Waals surface area contributed by atoms with Gasteiger partial charge in [0.25, 0.3) is 5.91 Å². The maximum Gasteiger partial charge on any atom is 0.257 e. The van der Waals surface area contributed by atoms with E-state index in [1.165, 1.54) is 11.3 Å². The third-order valence-corrected chi connectivity index (χ3v) is 2.99. The van der Waals surface area contributed by atoms with Gasteiger partial charge in [-0.25, -0.2) is 0 Å². The Labute approximate surface area is 115 Å². The van der Waals surface area contributed by atoms with Crippen molar-refractivity contribution in [2.24, 2.45) is 0 Å². The third-order valence-electron chi connectivity index (χ3n) is 2.23. The van der Waals surface area contributed by atoms with Crippen molar-refractivity contribution in [2.45, 2.75) is 26.9 Å². The summed E-state index contributed by atoms with van der Waals surface area (Å²) in [4.78, 5) is 11.9. The summed E-state index contributed by atoms with van der Waals surface area (Å²) < 4.78 is 5.52. The van der Waals surface area contributed by atoms with Gasteiger partial charge >= 0.3 is 0 Å². The van der Waals surface area contributed by atoms with Crippen LogP contribution in [0.1, 0.15) is 29.2 Å². The van der Waals surface area contributed by atoms with E-state index in [0.717, 1.165) is 10.8 Å². The number of anilines is 1. The van der Waals surface area contributed by atoms with Crippen molar-refractivity contribution in [1.82, 2.24) is 10.2 Å². The van der Waals surface area contributed by atoms with Crippen molar-refractivity contribution in [2.75, 3.05) is 5.32 Å². The van der Waals surface area contributed by atoms with E-state index in [1.807, 2.05) is 20.8 Å². The fourth-order valence-electron chi connectivity index (χ4n) is 1.47. The van der Waals surface area contributed by atoms with Crippen LogP contribution in [-0.4, -0.2) is 22.2 Å². The minimum Gasteiger partial charge on any atom is -0.491 e. The van der Waals surface area contributed by atoms with Crippen LogP contribution in [0.3, 0.4) is 0 Å². The molecule has 0 saturated heterocycles. The average molecular weight is 277 g/mol. The van der Waals surface area contributed by atoms with Crippen LogP contribution in [0.25, 0.3) is 0 Å². The van der Waals surface area contributed by atoms with Gasteiger partial charge in [-0.1, -0.05) is 11.3 Å². The first-order valence-corrected chi connectivity index (χ1v) is 6.74. The Morgan fingerprint density at radius 2 is 1.95 bits per heavy atom. The predicted octanol–water partition coefficient (Wildman–Crippen LogP) is 2.89. The highest BCUT2D eigenvalue weighted by Crippen LogP contribution is 2.17. The number of carbonyl (C=O) groups is 1. The van der Waals surface area contributed by atoms with Crippen LogP contribution in [0.4, 0.5) is 5.13 Å². The molecule has 1 aromatic carbocycles. The van der Waals surface area contributed by atoms with Gasteiger partial charge in [-0.2, -0.15) is 0 Å². The molecule has 0 aliphatic heterocycles. The van der Waals surface area contributed by atoms with Crippen molar-refractivity contribution in [3.8, 4) is 5.75 Å². The van der Waals surface area contributed by atoms with E-state index in [4.69, 9.17) is 4.74 Å². The molecule has 0 unspecified atom stereocenters. The Kier molecular flexibility index (Phi) is 4.11. The molecule has 0 radical (unpaired) electrons. The van der Waals surface area contributed by atoms with Gasteiger partial charge in [-0.05, 0) is 45.0 Å². The second-order valence-corrected chi connectivity index (χ2v) is 5.45. The van der Waals surface area contributed by atoms with Crippen molar-refractivity contribution < 1.29 is 9.53 Å². The molecule has 0 spiro atoms. The van der Waals surface area contributed by atoms with Gasteiger partial charge in [-0.3, -0.25) is 10.1 Å².